The topological polar surface area (TPSA) is 115 Å². The highest BCUT2D eigenvalue weighted by Gasteiger charge is 2.20. The minimum Gasteiger partial charge on any atom is -0.491 e. The smallest absolute Gasteiger partial charge is 0.242 e. The highest BCUT2D eigenvalue weighted by molar-refractivity contribution is 5.96. The summed E-state index contributed by atoms with van der Waals surface area (Å²) in [5.41, 5.74) is 2.65. The van der Waals surface area contributed by atoms with E-state index in [2.05, 4.69) is 44.8 Å². The van der Waals surface area contributed by atoms with E-state index in [1.807, 2.05) is 25.1 Å². The molecule has 0 fully saturated rings. The third kappa shape index (κ3) is 6.08. The van der Waals surface area contributed by atoms with Gasteiger partial charge in [-0.2, -0.15) is 4.52 Å². The third-order valence-corrected chi connectivity index (χ3v) is 5.97. The lowest BCUT2D eigenvalue weighted by molar-refractivity contribution is 0.0965. The summed E-state index contributed by atoms with van der Waals surface area (Å²) in [7, 11) is 0. The van der Waals surface area contributed by atoms with Crippen molar-refractivity contribution in [1.82, 2.24) is 19.4 Å². The van der Waals surface area contributed by atoms with Gasteiger partial charge >= 0.3 is 0 Å². The molecule has 0 unspecified atom stereocenters. The second-order valence-corrected chi connectivity index (χ2v) is 9.63. The van der Waals surface area contributed by atoms with Crippen LogP contribution < -0.4 is 15.1 Å². The van der Waals surface area contributed by atoms with E-state index in [0.29, 0.717) is 29.3 Å². The number of rotatable bonds is 11. The highest BCUT2D eigenvalue weighted by Crippen LogP contribution is 2.28. The van der Waals surface area contributed by atoms with Crippen LogP contribution in [-0.2, 0) is 18.4 Å². The molecule has 3 rings (SSSR count). The van der Waals surface area contributed by atoms with Gasteiger partial charge in [-0.25, -0.2) is 4.68 Å². The molecule has 0 radical (unpaired) electrons. The van der Waals surface area contributed by atoms with Crippen molar-refractivity contribution in [1.29, 1.82) is 5.41 Å². The molecular weight excluding hydrogens is 446 g/mol. The lowest BCUT2D eigenvalue weighted by Crippen LogP contribution is -2.27. The fourth-order valence-corrected chi connectivity index (χ4v) is 3.77. The molecule has 0 bridgehead atoms. The maximum absolute atomic E-state index is 13.3. The summed E-state index contributed by atoms with van der Waals surface area (Å²) in [6.45, 7) is 12.2. The lowest BCUT2D eigenvalue weighted by Gasteiger charge is -2.21. The van der Waals surface area contributed by atoms with Crippen LogP contribution in [0.4, 0.5) is 0 Å². The maximum Gasteiger partial charge on any atom is 0.242 e. The lowest BCUT2D eigenvalue weighted by atomic mass is 9.85. The number of hydrogen-bond acceptors (Lipinski definition) is 7. The number of nitrogens with one attached hydrogen (secondary N) is 1. The first-order chi connectivity index (χ1) is 16.6. The number of nitrogens with zero attached hydrogens (tertiary/aromatic N) is 4. The number of aryl methyl sites for hydroxylation is 1. The summed E-state index contributed by atoms with van der Waals surface area (Å²) < 4.78 is 14.4. The van der Waals surface area contributed by atoms with Gasteiger partial charge in [0, 0.05) is 17.2 Å². The Labute approximate surface area is 206 Å². The van der Waals surface area contributed by atoms with Crippen LogP contribution in [-0.4, -0.2) is 49.6 Å². The van der Waals surface area contributed by atoms with Gasteiger partial charge in [-0.3, -0.25) is 10.2 Å². The molecule has 2 heterocycles. The molecule has 2 aromatic heterocycles. The van der Waals surface area contributed by atoms with Gasteiger partial charge in [0.05, 0.1) is 12.7 Å². The molecule has 0 aliphatic carbocycles. The van der Waals surface area contributed by atoms with Crippen molar-refractivity contribution >= 4 is 11.4 Å². The summed E-state index contributed by atoms with van der Waals surface area (Å²) in [4.78, 5) is 13.3. The molecule has 0 atom stereocenters. The minimum absolute atomic E-state index is 0.00165. The zero-order valence-corrected chi connectivity index (χ0v) is 21.6. The zero-order valence-electron chi connectivity index (χ0n) is 21.6. The minimum atomic E-state index is -0.199. The fourth-order valence-electron chi connectivity index (χ4n) is 3.77. The van der Waals surface area contributed by atoms with Gasteiger partial charge in [-0.1, -0.05) is 41.5 Å². The Morgan fingerprint density at radius 1 is 1.11 bits per heavy atom. The monoisotopic (exact) mass is 483 g/mol. The molecule has 0 amide bonds. The third-order valence-electron chi connectivity index (χ3n) is 5.97. The summed E-state index contributed by atoms with van der Waals surface area (Å²) in [5.74, 6) is 0.786. The summed E-state index contributed by atoms with van der Waals surface area (Å²) in [6.07, 6.45) is 2.46. The zero-order chi connectivity index (χ0) is 25.8. The van der Waals surface area contributed by atoms with Crippen LogP contribution in [0.25, 0.3) is 5.65 Å². The number of aromatic nitrogens is 4. The predicted molar refractivity (Wildman–Crippen MR) is 133 cm³/mol. The van der Waals surface area contributed by atoms with Gasteiger partial charge in [0.2, 0.25) is 11.5 Å². The summed E-state index contributed by atoms with van der Waals surface area (Å²) in [6, 6.07) is 7.28. The van der Waals surface area contributed by atoms with Crippen molar-refractivity contribution in [3.05, 3.63) is 46.6 Å². The Balaban J connectivity index is 1.98. The molecule has 0 aliphatic heterocycles. The van der Waals surface area contributed by atoms with Crippen LogP contribution in [0.2, 0.25) is 0 Å². The second-order valence-electron chi connectivity index (χ2n) is 9.63. The van der Waals surface area contributed by atoms with Gasteiger partial charge in [0.25, 0.3) is 0 Å². The molecule has 3 aromatic rings. The Morgan fingerprint density at radius 2 is 1.83 bits per heavy atom. The van der Waals surface area contributed by atoms with Gasteiger partial charge < -0.3 is 14.6 Å². The number of carbonyl (C=O) groups excluding carboxylic acids is 1. The number of carbonyl (C=O) groups is 1. The van der Waals surface area contributed by atoms with Crippen LogP contribution in [0, 0.1) is 5.41 Å². The number of Topliss-reactive ketones (excluding diaryl/α,β-unsaturated/α-hetero) is 1. The van der Waals surface area contributed by atoms with Crippen molar-refractivity contribution in [2.45, 2.75) is 78.9 Å². The van der Waals surface area contributed by atoms with Crippen molar-refractivity contribution in [3.8, 4) is 11.6 Å². The van der Waals surface area contributed by atoms with E-state index in [-0.39, 0.29) is 42.7 Å². The summed E-state index contributed by atoms with van der Waals surface area (Å²) in [5, 5.41) is 26.8. The number of ketones is 1. The number of ether oxygens (including phenoxy) is 2. The molecule has 9 heteroatoms. The number of benzene rings is 1. The molecule has 35 heavy (non-hydrogen) atoms. The Bertz CT molecular complexity index is 1230. The van der Waals surface area contributed by atoms with Crippen LogP contribution in [0.5, 0.6) is 11.6 Å². The van der Waals surface area contributed by atoms with Gasteiger partial charge in [-0.15, -0.1) is 10.2 Å². The van der Waals surface area contributed by atoms with E-state index < -0.39 is 0 Å². The average Bonchev–Trinajstić information content (AvgIpc) is 3.14. The first-order valence-corrected chi connectivity index (χ1v) is 12.2. The second kappa shape index (κ2) is 11.0. The van der Waals surface area contributed by atoms with E-state index in [0.717, 1.165) is 24.0 Å². The van der Waals surface area contributed by atoms with E-state index >= 15 is 0 Å². The van der Waals surface area contributed by atoms with Crippen LogP contribution in [0.15, 0.2) is 24.3 Å². The molecule has 0 saturated heterocycles. The average molecular weight is 484 g/mol. The molecule has 9 nitrogen and oxygen atoms in total. The van der Waals surface area contributed by atoms with E-state index in [1.165, 1.54) is 9.20 Å². The largest absolute Gasteiger partial charge is 0.491 e. The molecule has 2 N–H and O–H groups in total. The molecule has 0 saturated carbocycles. The van der Waals surface area contributed by atoms with Crippen LogP contribution in [0.3, 0.4) is 0 Å². The van der Waals surface area contributed by atoms with E-state index in [1.54, 1.807) is 6.07 Å². The standard InChI is InChI=1S/C26H37N5O4/c1-7-17-14-23(35-20(8-2)9-3)28-31-24(17)29-30(25(31)27)16-22(33)18-12-19(26(4,5)6)15-21(13-18)34-11-10-32/h12-15,20,27,32H,7-11,16H2,1-6H3. The van der Waals surface area contributed by atoms with E-state index in [4.69, 9.17) is 20.0 Å². The predicted octanol–water partition coefficient (Wildman–Crippen LogP) is 3.69. The first kappa shape index (κ1) is 26.4. The number of hydrogen-bond donors (Lipinski definition) is 2. The highest BCUT2D eigenvalue weighted by atomic mass is 16.5. The first-order valence-electron chi connectivity index (χ1n) is 12.2. The van der Waals surface area contributed by atoms with Crippen LogP contribution in [0.1, 0.15) is 75.9 Å². The van der Waals surface area contributed by atoms with Crippen molar-refractivity contribution in [3.63, 3.8) is 0 Å². The van der Waals surface area contributed by atoms with E-state index in [9.17, 15) is 4.79 Å². The molecule has 190 valence electrons. The van der Waals surface area contributed by atoms with Gasteiger partial charge in [-0.05, 0) is 48.4 Å². The normalized spacial score (nSPS) is 11.9. The van der Waals surface area contributed by atoms with Crippen LogP contribution >= 0.6 is 0 Å². The number of aliphatic hydroxyl groups is 1. The van der Waals surface area contributed by atoms with Crippen molar-refractivity contribution in [2.75, 3.05) is 13.2 Å². The maximum atomic E-state index is 13.3. The number of aliphatic hydroxyl groups excluding tert-OH is 1. The Kier molecular flexibility index (Phi) is 8.32. The van der Waals surface area contributed by atoms with Gasteiger partial charge in [0.15, 0.2) is 11.4 Å². The van der Waals surface area contributed by atoms with Gasteiger partial charge in [0.1, 0.15) is 18.9 Å². The molecule has 1 aromatic carbocycles. The van der Waals surface area contributed by atoms with Crippen molar-refractivity contribution in [2.24, 2.45) is 0 Å². The fraction of sp³-hybridized carbons (Fsp3) is 0.538. The van der Waals surface area contributed by atoms with Crippen molar-refractivity contribution < 1.29 is 19.4 Å². The SMILES string of the molecule is CCc1cc(OC(CC)CC)nn2c(=N)n(CC(=O)c3cc(OCCO)cc(C(C)(C)C)c3)nc12. The molecule has 0 spiro atoms. The summed E-state index contributed by atoms with van der Waals surface area (Å²) >= 11 is 0. The molecular formula is C26H37N5O4. The Hall–Kier alpha value is -3.20. The molecule has 0 aliphatic rings. The quantitative estimate of drug-likeness (QED) is 0.402. The Morgan fingerprint density at radius 3 is 2.43 bits per heavy atom. The number of fused-ring (bicyclic) bond motifs is 1.